The molecule has 0 aliphatic heterocycles. The minimum absolute atomic E-state index is 0.139. The largest absolute Gasteiger partial charge is 0.476 e. The first kappa shape index (κ1) is 13.8. The van der Waals surface area contributed by atoms with Gasteiger partial charge in [0.25, 0.3) is 5.91 Å². The number of nitrogens with zero attached hydrogens (tertiary/aromatic N) is 2. The lowest BCUT2D eigenvalue weighted by atomic mass is 9.84. The lowest BCUT2D eigenvalue weighted by molar-refractivity contribution is 0.0689. The minimum atomic E-state index is -1.16. The Bertz CT molecular complexity index is 480. The summed E-state index contributed by atoms with van der Waals surface area (Å²) in [6.45, 7) is 0.607. The Balaban J connectivity index is 1.94. The van der Waals surface area contributed by atoms with Gasteiger partial charge in [0.15, 0.2) is 5.69 Å². The summed E-state index contributed by atoms with van der Waals surface area (Å²) in [5.74, 6) is -1.47. The molecule has 1 heterocycles. The third kappa shape index (κ3) is 3.04. The average Bonchev–Trinajstić information content (AvgIpc) is 2.38. The highest BCUT2D eigenvalue weighted by atomic mass is 32.2. The summed E-state index contributed by atoms with van der Waals surface area (Å²) in [5.41, 5.74) is -0.0308. The first-order chi connectivity index (χ1) is 9.06. The van der Waals surface area contributed by atoms with Gasteiger partial charge in [-0.05, 0) is 19.1 Å². The van der Waals surface area contributed by atoms with E-state index in [1.807, 2.05) is 6.26 Å². The molecule has 1 amide bonds. The molecule has 6 nitrogen and oxygen atoms in total. The third-order valence-corrected chi connectivity index (χ3v) is 4.79. The van der Waals surface area contributed by atoms with Crippen LogP contribution in [0, 0.1) is 0 Å². The molecule has 0 radical (unpaired) electrons. The molecule has 1 saturated carbocycles. The number of carbonyl (C=O) groups is 2. The van der Waals surface area contributed by atoms with Gasteiger partial charge < -0.3 is 10.4 Å². The van der Waals surface area contributed by atoms with E-state index in [-0.39, 0.29) is 22.0 Å². The number of aromatic carboxylic acids is 1. The van der Waals surface area contributed by atoms with Crippen LogP contribution < -0.4 is 5.32 Å². The van der Waals surface area contributed by atoms with Gasteiger partial charge in [-0.2, -0.15) is 11.8 Å². The van der Waals surface area contributed by atoms with Crippen molar-refractivity contribution in [2.75, 3.05) is 12.8 Å². The molecule has 0 saturated heterocycles. The molecule has 1 fully saturated rings. The van der Waals surface area contributed by atoms with Crippen molar-refractivity contribution in [2.24, 2.45) is 0 Å². The second-order valence-electron chi connectivity index (χ2n) is 4.52. The number of carboxylic acid groups (broad SMARTS) is 1. The Morgan fingerprint density at radius 3 is 2.42 bits per heavy atom. The third-order valence-electron chi connectivity index (χ3n) is 3.37. The Hall–Kier alpha value is -1.63. The number of rotatable bonds is 5. The van der Waals surface area contributed by atoms with Crippen molar-refractivity contribution in [3.8, 4) is 0 Å². The molecule has 0 bridgehead atoms. The molecule has 0 atom stereocenters. The van der Waals surface area contributed by atoms with Crippen LogP contribution in [0.25, 0.3) is 0 Å². The van der Waals surface area contributed by atoms with Gasteiger partial charge >= 0.3 is 5.97 Å². The Labute approximate surface area is 115 Å². The van der Waals surface area contributed by atoms with Crippen molar-refractivity contribution in [2.45, 2.75) is 24.0 Å². The fourth-order valence-corrected chi connectivity index (χ4v) is 2.83. The number of hydrogen-bond donors (Lipinski definition) is 2. The monoisotopic (exact) mass is 281 g/mol. The van der Waals surface area contributed by atoms with E-state index in [0.29, 0.717) is 6.54 Å². The maximum Gasteiger partial charge on any atom is 0.356 e. The number of hydrogen-bond acceptors (Lipinski definition) is 5. The van der Waals surface area contributed by atoms with Gasteiger partial charge in [-0.15, -0.1) is 0 Å². The summed E-state index contributed by atoms with van der Waals surface area (Å²) in [5, 5.41) is 11.5. The lowest BCUT2D eigenvalue weighted by Gasteiger charge is -2.40. The zero-order chi connectivity index (χ0) is 13.9. The van der Waals surface area contributed by atoms with Crippen LogP contribution in [0.15, 0.2) is 12.4 Å². The molecule has 7 heteroatoms. The molecule has 1 aromatic rings. The van der Waals surface area contributed by atoms with E-state index >= 15 is 0 Å². The Morgan fingerprint density at radius 1 is 1.37 bits per heavy atom. The predicted octanol–water partition coefficient (Wildman–Crippen LogP) is 1.19. The molecule has 0 spiro atoms. The van der Waals surface area contributed by atoms with Crippen LogP contribution in [0.3, 0.4) is 0 Å². The van der Waals surface area contributed by atoms with Crippen LogP contribution in [-0.4, -0.2) is 44.5 Å². The highest BCUT2D eigenvalue weighted by Crippen LogP contribution is 2.42. The number of aromatic nitrogens is 2. The van der Waals surface area contributed by atoms with Crippen LogP contribution in [0.2, 0.25) is 0 Å². The van der Waals surface area contributed by atoms with E-state index in [1.54, 1.807) is 11.8 Å². The van der Waals surface area contributed by atoms with Crippen molar-refractivity contribution < 1.29 is 14.7 Å². The minimum Gasteiger partial charge on any atom is -0.476 e. The van der Waals surface area contributed by atoms with Crippen LogP contribution in [-0.2, 0) is 0 Å². The molecule has 19 heavy (non-hydrogen) atoms. The first-order valence-electron chi connectivity index (χ1n) is 5.95. The normalized spacial score (nSPS) is 16.5. The van der Waals surface area contributed by atoms with E-state index in [1.165, 1.54) is 12.6 Å². The topological polar surface area (TPSA) is 92.2 Å². The Morgan fingerprint density at radius 2 is 2.00 bits per heavy atom. The summed E-state index contributed by atoms with van der Waals surface area (Å²) in [7, 11) is 0. The van der Waals surface area contributed by atoms with Crippen molar-refractivity contribution in [1.29, 1.82) is 0 Å². The van der Waals surface area contributed by atoms with Crippen LogP contribution in [0.1, 0.15) is 40.2 Å². The number of carboxylic acids is 1. The van der Waals surface area contributed by atoms with Gasteiger partial charge in [0.2, 0.25) is 0 Å². The second kappa shape index (κ2) is 5.56. The molecule has 0 unspecified atom stereocenters. The van der Waals surface area contributed by atoms with Crippen molar-refractivity contribution in [3.05, 3.63) is 23.8 Å². The van der Waals surface area contributed by atoms with Crippen LogP contribution in [0.4, 0.5) is 0 Å². The number of nitrogens with one attached hydrogen (secondary N) is 1. The second-order valence-corrected chi connectivity index (χ2v) is 5.79. The molecule has 2 rings (SSSR count). The van der Waals surface area contributed by atoms with Gasteiger partial charge in [-0.3, -0.25) is 4.79 Å². The van der Waals surface area contributed by atoms with Crippen molar-refractivity contribution >= 4 is 23.6 Å². The van der Waals surface area contributed by atoms with Gasteiger partial charge in [-0.1, -0.05) is 6.42 Å². The molecule has 2 N–H and O–H groups in total. The highest BCUT2D eigenvalue weighted by molar-refractivity contribution is 8.00. The van der Waals surface area contributed by atoms with Crippen molar-refractivity contribution in [3.63, 3.8) is 0 Å². The van der Waals surface area contributed by atoms with E-state index in [9.17, 15) is 9.59 Å². The van der Waals surface area contributed by atoms with Crippen LogP contribution in [0.5, 0.6) is 0 Å². The summed E-state index contributed by atoms with van der Waals surface area (Å²) in [4.78, 5) is 30.0. The van der Waals surface area contributed by atoms with Gasteiger partial charge in [0, 0.05) is 11.3 Å². The highest BCUT2D eigenvalue weighted by Gasteiger charge is 2.36. The van der Waals surface area contributed by atoms with Gasteiger partial charge in [0.1, 0.15) is 5.69 Å². The van der Waals surface area contributed by atoms with E-state index in [0.717, 1.165) is 19.0 Å². The molecule has 1 aliphatic carbocycles. The SMILES string of the molecule is CSC1(CNC(=O)c2cnc(C(=O)O)cn2)CCC1. The summed E-state index contributed by atoms with van der Waals surface area (Å²) >= 11 is 1.77. The zero-order valence-corrected chi connectivity index (χ0v) is 11.4. The van der Waals surface area contributed by atoms with Gasteiger partial charge in [-0.25, -0.2) is 14.8 Å². The molecule has 102 valence electrons. The van der Waals surface area contributed by atoms with Crippen LogP contribution >= 0.6 is 11.8 Å². The molecule has 1 aromatic heterocycles. The molecule has 1 aliphatic rings. The number of amides is 1. The quantitative estimate of drug-likeness (QED) is 0.842. The van der Waals surface area contributed by atoms with Gasteiger partial charge in [0.05, 0.1) is 12.4 Å². The predicted molar refractivity (Wildman–Crippen MR) is 71.4 cm³/mol. The molecule has 0 aromatic carbocycles. The zero-order valence-electron chi connectivity index (χ0n) is 10.5. The lowest BCUT2D eigenvalue weighted by Crippen LogP contribution is -2.45. The summed E-state index contributed by atoms with van der Waals surface area (Å²) < 4.78 is 0.157. The van der Waals surface area contributed by atoms with E-state index < -0.39 is 5.97 Å². The van der Waals surface area contributed by atoms with Crippen molar-refractivity contribution in [1.82, 2.24) is 15.3 Å². The number of carbonyl (C=O) groups excluding carboxylic acids is 1. The standard InChI is InChI=1S/C12H15N3O3S/c1-19-12(3-2-4-12)7-15-10(16)8-5-14-9(6-13-8)11(17)18/h5-6H,2-4,7H2,1H3,(H,15,16)(H,17,18). The summed E-state index contributed by atoms with van der Waals surface area (Å²) in [6, 6.07) is 0. The Kier molecular flexibility index (Phi) is 4.04. The fraction of sp³-hybridized carbons (Fsp3) is 0.500. The molecular formula is C12H15N3O3S. The maximum atomic E-state index is 11.9. The fourth-order valence-electron chi connectivity index (χ4n) is 1.91. The first-order valence-corrected chi connectivity index (χ1v) is 7.17. The number of thioether (sulfide) groups is 1. The maximum absolute atomic E-state index is 11.9. The smallest absolute Gasteiger partial charge is 0.356 e. The molecular weight excluding hydrogens is 266 g/mol. The van der Waals surface area contributed by atoms with E-state index in [2.05, 4.69) is 15.3 Å². The van der Waals surface area contributed by atoms with E-state index in [4.69, 9.17) is 5.11 Å². The summed E-state index contributed by atoms with van der Waals surface area (Å²) in [6.07, 6.45) is 7.74. The average molecular weight is 281 g/mol.